The second-order valence-corrected chi connectivity index (χ2v) is 5.74. The molecule has 1 aromatic rings. The Bertz CT molecular complexity index is 413. The van der Waals surface area contributed by atoms with Crippen molar-refractivity contribution in [2.24, 2.45) is 0 Å². The Morgan fingerprint density at radius 2 is 1.86 bits per heavy atom. The fourth-order valence-electron chi connectivity index (χ4n) is 2.67. The fraction of sp³-hybridized carbons (Fsp3) is 0.625. The maximum Gasteiger partial charge on any atom is 0.119 e. The molecule has 0 amide bonds. The largest absolute Gasteiger partial charge is 0.491 e. The molecule has 2 rings (SSSR count). The second-order valence-electron chi connectivity index (χ2n) is 5.74. The normalized spacial score (nSPS) is 24.8. The van der Waals surface area contributed by atoms with Crippen LogP contribution < -0.4 is 4.74 Å². The summed E-state index contributed by atoms with van der Waals surface area (Å²) < 4.78 is 11.2. The van der Waals surface area contributed by atoms with E-state index in [4.69, 9.17) is 14.6 Å². The van der Waals surface area contributed by atoms with Gasteiger partial charge in [-0.1, -0.05) is 12.1 Å². The lowest BCUT2D eigenvalue weighted by Gasteiger charge is -2.36. The van der Waals surface area contributed by atoms with Crippen LogP contribution >= 0.6 is 0 Å². The van der Waals surface area contributed by atoms with Crippen molar-refractivity contribution in [3.63, 3.8) is 0 Å². The van der Waals surface area contributed by atoms with Crippen molar-refractivity contribution in [2.75, 3.05) is 26.2 Å². The lowest BCUT2D eigenvalue weighted by Crippen LogP contribution is -2.48. The summed E-state index contributed by atoms with van der Waals surface area (Å²) in [7, 11) is 0. The number of rotatable bonds is 6. The molecule has 0 aliphatic carbocycles. The van der Waals surface area contributed by atoms with E-state index in [-0.39, 0.29) is 25.4 Å². The minimum absolute atomic E-state index is 0.0241. The van der Waals surface area contributed by atoms with Crippen molar-refractivity contribution >= 4 is 0 Å². The predicted octanol–water partition coefficient (Wildman–Crippen LogP) is 1.03. The molecule has 0 spiro atoms. The molecule has 1 aliphatic rings. The molecule has 1 saturated heterocycles. The zero-order chi connectivity index (χ0) is 15.2. The van der Waals surface area contributed by atoms with Crippen molar-refractivity contribution < 1.29 is 19.7 Å². The molecule has 5 heteroatoms. The molecule has 118 valence electrons. The zero-order valence-corrected chi connectivity index (χ0v) is 12.7. The highest BCUT2D eigenvalue weighted by atomic mass is 16.5. The first kappa shape index (κ1) is 16.2. The Balaban J connectivity index is 1.74. The summed E-state index contributed by atoms with van der Waals surface area (Å²) in [6, 6.07) is 7.23. The number of morpholine rings is 1. The van der Waals surface area contributed by atoms with Crippen molar-refractivity contribution in [3.8, 4) is 5.75 Å². The molecule has 0 saturated carbocycles. The predicted molar refractivity (Wildman–Crippen MR) is 80.3 cm³/mol. The molecule has 5 nitrogen and oxygen atoms in total. The summed E-state index contributed by atoms with van der Waals surface area (Å²) in [5.74, 6) is 0.704. The Kier molecular flexibility index (Phi) is 5.99. The standard InChI is InChI=1S/C16H25NO4/c1-12-7-17(8-13(2)21-12)9-15(19)11-20-16-5-3-14(10-18)4-6-16/h3-6,12-13,15,18-19H,7-11H2,1-2H3. The van der Waals surface area contributed by atoms with Gasteiger partial charge in [-0.05, 0) is 31.5 Å². The summed E-state index contributed by atoms with van der Waals surface area (Å²) in [6.45, 7) is 6.66. The molecule has 1 aromatic carbocycles. The maximum atomic E-state index is 10.1. The summed E-state index contributed by atoms with van der Waals surface area (Å²) in [5, 5.41) is 19.1. The van der Waals surface area contributed by atoms with Crippen LogP contribution in [0.4, 0.5) is 0 Å². The first-order valence-corrected chi connectivity index (χ1v) is 7.45. The molecule has 3 unspecified atom stereocenters. The van der Waals surface area contributed by atoms with Gasteiger partial charge in [0, 0.05) is 19.6 Å². The van der Waals surface area contributed by atoms with Gasteiger partial charge in [0.05, 0.1) is 18.8 Å². The van der Waals surface area contributed by atoms with Gasteiger partial charge in [0.1, 0.15) is 18.5 Å². The average Bonchev–Trinajstić information content (AvgIpc) is 2.44. The molecule has 3 atom stereocenters. The number of ether oxygens (including phenoxy) is 2. The quantitative estimate of drug-likeness (QED) is 0.821. The first-order chi connectivity index (χ1) is 10.1. The van der Waals surface area contributed by atoms with Gasteiger partial charge in [-0.15, -0.1) is 0 Å². The van der Waals surface area contributed by atoms with Crippen LogP contribution in [0.1, 0.15) is 19.4 Å². The van der Waals surface area contributed by atoms with Gasteiger partial charge in [0.2, 0.25) is 0 Å². The SMILES string of the molecule is CC1CN(CC(O)COc2ccc(CO)cc2)CC(C)O1. The smallest absolute Gasteiger partial charge is 0.119 e. The molecule has 0 aromatic heterocycles. The van der Waals surface area contributed by atoms with Crippen molar-refractivity contribution in [1.29, 1.82) is 0 Å². The third-order valence-corrected chi connectivity index (χ3v) is 3.51. The van der Waals surface area contributed by atoms with Crippen LogP contribution in [0.5, 0.6) is 5.75 Å². The minimum Gasteiger partial charge on any atom is -0.491 e. The van der Waals surface area contributed by atoms with Gasteiger partial charge < -0.3 is 19.7 Å². The number of aliphatic hydroxyl groups is 2. The number of hydrogen-bond acceptors (Lipinski definition) is 5. The fourth-order valence-corrected chi connectivity index (χ4v) is 2.67. The Morgan fingerprint density at radius 3 is 2.43 bits per heavy atom. The highest BCUT2D eigenvalue weighted by Crippen LogP contribution is 2.14. The van der Waals surface area contributed by atoms with E-state index in [0.717, 1.165) is 18.7 Å². The zero-order valence-electron chi connectivity index (χ0n) is 12.7. The van der Waals surface area contributed by atoms with E-state index in [2.05, 4.69) is 4.90 Å². The number of aliphatic hydroxyl groups excluding tert-OH is 2. The summed E-state index contributed by atoms with van der Waals surface area (Å²) in [5.41, 5.74) is 0.846. The summed E-state index contributed by atoms with van der Waals surface area (Å²) in [4.78, 5) is 2.21. The van der Waals surface area contributed by atoms with Crippen LogP contribution in [-0.2, 0) is 11.3 Å². The van der Waals surface area contributed by atoms with E-state index in [0.29, 0.717) is 12.3 Å². The lowest BCUT2D eigenvalue weighted by molar-refractivity contribution is -0.0786. The molecule has 1 aliphatic heterocycles. The van der Waals surface area contributed by atoms with Gasteiger partial charge in [-0.2, -0.15) is 0 Å². The van der Waals surface area contributed by atoms with Gasteiger partial charge >= 0.3 is 0 Å². The minimum atomic E-state index is -0.528. The highest BCUT2D eigenvalue weighted by molar-refractivity contribution is 5.26. The van der Waals surface area contributed by atoms with E-state index in [1.165, 1.54) is 0 Å². The third kappa shape index (κ3) is 5.28. The topological polar surface area (TPSA) is 62.2 Å². The van der Waals surface area contributed by atoms with Gasteiger partial charge in [-0.25, -0.2) is 0 Å². The highest BCUT2D eigenvalue weighted by Gasteiger charge is 2.23. The summed E-state index contributed by atoms with van der Waals surface area (Å²) >= 11 is 0. The van der Waals surface area contributed by atoms with Crippen LogP contribution in [0.2, 0.25) is 0 Å². The van der Waals surface area contributed by atoms with E-state index in [1.54, 1.807) is 12.1 Å². The first-order valence-electron chi connectivity index (χ1n) is 7.45. The molecule has 0 radical (unpaired) electrons. The van der Waals surface area contributed by atoms with Crippen molar-refractivity contribution in [1.82, 2.24) is 4.90 Å². The molecule has 0 bridgehead atoms. The monoisotopic (exact) mass is 295 g/mol. The number of β-amino-alcohol motifs (C(OH)–C–C–N with tert-alkyl or cyclic N) is 1. The van der Waals surface area contributed by atoms with Gasteiger partial charge in [0.25, 0.3) is 0 Å². The number of hydrogen-bond donors (Lipinski definition) is 2. The molecular formula is C16H25NO4. The van der Waals surface area contributed by atoms with Crippen LogP contribution in [0.3, 0.4) is 0 Å². The number of benzene rings is 1. The van der Waals surface area contributed by atoms with E-state index in [1.807, 2.05) is 26.0 Å². The number of nitrogens with zero attached hydrogens (tertiary/aromatic N) is 1. The molecule has 1 fully saturated rings. The van der Waals surface area contributed by atoms with Crippen LogP contribution in [-0.4, -0.2) is 59.7 Å². The Morgan fingerprint density at radius 1 is 1.24 bits per heavy atom. The van der Waals surface area contributed by atoms with Gasteiger partial charge in [0.15, 0.2) is 0 Å². The van der Waals surface area contributed by atoms with E-state index < -0.39 is 6.10 Å². The van der Waals surface area contributed by atoms with Crippen LogP contribution in [0.25, 0.3) is 0 Å². The second kappa shape index (κ2) is 7.75. The molecular weight excluding hydrogens is 270 g/mol. The van der Waals surface area contributed by atoms with Crippen LogP contribution in [0, 0.1) is 0 Å². The van der Waals surface area contributed by atoms with E-state index in [9.17, 15) is 5.11 Å². The Labute approximate surface area is 126 Å². The maximum absolute atomic E-state index is 10.1. The average molecular weight is 295 g/mol. The van der Waals surface area contributed by atoms with Crippen molar-refractivity contribution in [3.05, 3.63) is 29.8 Å². The molecule has 21 heavy (non-hydrogen) atoms. The van der Waals surface area contributed by atoms with Crippen LogP contribution in [0.15, 0.2) is 24.3 Å². The Hall–Kier alpha value is -1.14. The van der Waals surface area contributed by atoms with Crippen molar-refractivity contribution in [2.45, 2.75) is 38.8 Å². The van der Waals surface area contributed by atoms with Gasteiger partial charge in [-0.3, -0.25) is 4.90 Å². The lowest BCUT2D eigenvalue weighted by atomic mass is 10.2. The molecule has 2 N–H and O–H groups in total. The molecule has 1 heterocycles. The third-order valence-electron chi connectivity index (χ3n) is 3.51. The summed E-state index contributed by atoms with van der Waals surface area (Å²) in [6.07, 6.45) is -0.124. The van der Waals surface area contributed by atoms with E-state index >= 15 is 0 Å².